The molecule has 0 unspecified atom stereocenters. The summed E-state index contributed by atoms with van der Waals surface area (Å²) >= 11 is 0. The van der Waals surface area contributed by atoms with E-state index in [9.17, 15) is 4.79 Å². The lowest BCUT2D eigenvalue weighted by molar-refractivity contribution is 0.627. The van der Waals surface area contributed by atoms with E-state index in [-0.39, 0.29) is 5.56 Å². The molecule has 0 aliphatic carbocycles. The standard InChI is InChI=1S/C15H20N2O/c1-10(2)7-13-9-15(18)17(16-13)14-8-11(3)5-6-12(14)4/h5-6,8-10,16H,7H2,1-4H3. The fourth-order valence-electron chi connectivity index (χ4n) is 2.13. The van der Waals surface area contributed by atoms with Crippen molar-refractivity contribution in [2.45, 2.75) is 34.1 Å². The topological polar surface area (TPSA) is 37.8 Å². The molecule has 0 radical (unpaired) electrons. The summed E-state index contributed by atoms with van der Waals surface area (Å²) in [6, 6.07) is 7.83. The van der Waals surface area contributed by atoms with Gasteiger partial charge in [0.25, 0.3) is 5.56 Å². The van der Waals surface area contributed by atoms with Gasteiger partial charge in [-0.15, -0.1) is 0 Å². The van der Waals surface area contributed by atoms with Gasteiger partial charge in [-0.2, -0.15) is 0 Å². The Morgan fingerprint density at radius 1 is 1.22 bits per heavy atom. The lowest BCUT2D eigenvalue weighted by atomic mass is 10.1. The highest BCUT2D eigenvalue weighted by atomic mass is 16.1. The third-order valence-corrected chi connectivity index (χ3v) is 3.01. The van der Waals surface area contributed by atoms with Crippen molar-refractivity contribution in [2.24, 2.45) is 5.92 Å². The summed E-state index contributed by atoms with van der Waals surface area (Å²) in [5, 5.41) is 3.20. The first-order chi connectivity index (χ1) is 8.47. The Balaban J connectivity index is 2.47. The van der Waals surface area contributed by atoms with Gasteiger partial charge in [0.2, 0.25) is 0 Å². The molecule has 96 valence electrons. The number of H-pyrrole nitrogens is 1. The van der Waals surface area contributed by atoms with E-state index in [4.69, 9.17) is 0 Å². The van der Waals surface area contributed by atoms with E-state index in [1.165, 1.54) is 0 Å². The minimum Gasteiger partial charge on any atom is -0.295 e. The molecule has 2 aromatic rings. The summed E-state index contributed by atoms with van der Waals surface area (Å²) in [5.74, 6) is 0.537. The molecule has 1 N–H and O–H groups in total. The van der Waals surface area contributed by atoms with E-state index in [1.54, 1.807) is 10.7 Å². The maximum absolute atomic E-state index is 12.0. The third kappa shape index (κ3) is 2.55. The Labute approximate surface area is 107 Å². The number of hydrogen-bond donors (Lipinski definition) is 1. The van der Waals surface area contributed by atoms with Crippen LogP contribution in [0.3, 0.4) is 0 Å². The van der Waals surface area contributed by atoms with E-state index in [1.807, 2.05) is 26.0 Å². The van der Waals surface area contributed by atoms with Gasteiger partial charge in [0, 0.05) is 11.8 Å². The van der Waals surface area contributed by atoms with Crippen LogP contribution in [0.2, 0.25) is 0 Å². The molecular weight excluding hydrogens is 224 g/mol. The molecule has 1 aromatic heterocycles. The maximum Gasteiger partial charge on any atom is 0.271 e. The molecule has 0 saturated carbocycles. The summed E-state index contributed by atoms with van der Waals surface area (Å²) in [6.07, 6.45) is 0.896. The van der Waals surface area contributed by atoms with Crippen molar-refractivity contribution in [3.63, 3.8) is 0 Å². The summed E-state index contributed by atoms with van der Waals surface area (Å²) in [4.78, 5) is 12.0. The van der Waals surface area contributed by atoms with Crippen LogP contribution in [0.5, 0.6) is 0 Å². The third-order valence-electron chi connectivity index (χ3n) is 3.01. The number of benzene rings is 1. The smallest absolute Gasteiger partial charge is 0.271 e. The van der Waals surface area contributed by atoms with Crippen molar-refractivity contribution < 1.29 is 0 Å². The van der Waals surface area contributed by atoms with Crippen LogP contribution >= 0.6 is 0 Å². The fraction of sp³-hybridized carbons (Fsp3) is 0.400. The fourth-order valence-corrected chi connectivity index (χ4v) is 2.13. The second-order valence-corrected chi connectivity index (χ2v) is 5.34. The molecule has 0 amide bonds. The molecule has 0 atom stereocenters. The van der Waals surface area contributed by atoms with Gasteiger partial charge in [0.05, 0.1) is 5.69 Å². The predicted molar refractivity (Wildman–Crippen MR) is 74.4 cm³/mol. The van der Waals surface area contributed by atoms with Gasteiger partial charge in [-0.05, 0) is 43.4 Å². The highest BCUT2D eigenvalue weighted by Gasteiger charge is 2.08. The highest BCUT2D eigenvalue weighted by molar-refractivity contribution is 5.42. The Bertz CT molecular complexity index is 605. The molecular formula is C15H20N2O. The summed E-state index contributed by atoms with van der Waals surface area (Å²) in [6.45, 7) is 8.34. The Morgan fingerprint density at radius 2 is 1.94 bits per heavy atom. The van der Waals surface area contributed by atoms with E-state index >= 15 is 0 Å². The highest BCUT2D eigenvalue weighted by Crippen LogP contribution is 2.14. The SMILES string of the molecule is Cc1ccc(C)c(-n2[nH]c(CC(C)C)cc2=O)c1. The number of nitrogens with one attached hydrogen (secondary N) is 1. The van der Waals surface area contributed by atoms with Crippen LogP contribution < -0.4 is 5.56 Å². The lowest BCUT2D eigenvalue weighted by Gasteiger charge is -2.08. The van der Waals surface area contributed by atoms with E-state index in [0.29, 0.717) is 5.92 Å². The molecule has 0 saturated heterocycles. The molecule has 1 aromatic carbocycles. The van der Waals surface area contributed by atoms with E-state index in [2.05, 4.69) is 25.0 Å². The minimum absolute atomic E-state index is 0.0133. The molecule has 3 heteroatoms. The molecule has 3 nitrogen and oxygen atoms in total. The van der Waals surface area contributed by atoms with Gasteiger partial charge in [0.1, 0.15) is 0 Å². The zero-order valence-corrected chi connectivity index (χ0v) is 11.4. The summed E-state index contributed by atoms with van der Waals surface area (Å²) in [5.41, 5.74) is 4.20. The normalized spacial score (nSPS) is 11.2. The second-order valence-electron chi connectivity index (χ2n) is 5.34. The van der Waals surface area contributed by atoms with E-state index < -0.39 is 0 Å². The molecule has 0 aliphatic rings. The average molecular weight is 244 g/mol. The summed E-state index contributed by atoms with van der Waals surface area (Å²) < 4.78 is 1.64. The number of aryl methyl sites for hydroxylation is 2. The number of aromatic nitrogens is 2. The van der Waals surface area contributed by atoms with Crippen LogP contribution in [-0.2, 0) is 6.42 Å². The second kappa shape index (κ2) is 4.84. The minimum atomic E-state index is 0.0133. The number of hydrogen-bond acceptors (Lipinski definition) is 1. The monoisotopic (exact) mass is 244 g/mol. The van der Waals surface area contributed by atoms with Gasteiger partial charge >= 0.3 is 0 Å². The van der Waals surface area contributed by atoms with Crippen LogP contribution in [-0.4, -0.2) is 9.78 Å². The molecule has 2 rings (SSSR count). The van der Waals surface area contributed by atoms with Gasteiger partial charge in [-0.1, -0.05) is 26.0 Å². The molecule has 0 spiro atoms. The average Bonchev–Trinajstić information content (AvgIpc) is 2.62. The van der Waals surface area contributed by atoms with E-state index in [0.717, 1.165) is 28.9 Å². The predicted octanol–water partition coefficient (Wildman–Crippen LogP) is 2.98. The Hall–Kier alpha value is -1.77. The zero-order valence-electron chi connectivity index (χ0n) is 11.4. The first-order valence-corrected chi connectivity index (χ1v) is 6.36. The van der Waals surface area contributed by atoms with Crippen molar-refractivity contribution in [3.8, 4) is 5.69 Å². The lowest BCUT2D eigenvalue weighted by Crippen LogP contribution is -2.14. The van der Waals surface area contributed by atoms with Gasteiger partial charge in [-0.3, -0.25) is 9.89 Å². The number of nitrogens with zero attached hydrogens (tertiary/aromatic N) is 1. The van der Waals surface area contributed by atoms with Gasteiger partial charge < -0.3 is 0 Å². The van der Waals surface area contributed by atoms with Crippen LogP contribution in [0.15, 0.2) is 29.1 Å². The molecule has 1 heterocycles. The number of rotatable bonds is 3. The van der Waals surface area contributed by atoms with Gasteiger partial charge in [0.15, 0.2) is 0 Å². The Kier molecular flexibility index (Phi) is 3.41. The van der Waals surface area contributed by atoms with Crippen LogP contribution in [0, 0.1) is 19.8 Å². The quantitative estimate of drug-likeness (QED) is 0.885. The summed E-state index contributed by atoms with van der Waals surface area (Å²) in [7, 11) is 0. The number of aromatic amines is 1. The van der Waals surface area contributed by atoms with Crippen molar-refractivity contribution >= 4 is 0 Å². The molecule has 0 bridgehead atoms. The maximum atomic E-state index is 12.0. The molecule has 0 fully saturated rings. The van der Waals surface area contributed by atoms with Crippen LogP contribution in [0.25, 0.3) is 5.69 Å². The van der Waals surface area contributed by atoms with Crippen LogP contribution in [0.1, 0.15) is 30.7 Å². The molecule has 0 aliphatic heterocycles. The van der Waals surface area contributed by atoms with Gasteiger partial charge in [-0.25, -0.2) is 4.68 Å². The Morgan fingerprint density at radius 3 is 2.61 bits per heavy atom. The molecule has 18 heavy (non-hydrogen) atoms. The van der Waals surface area contributed by atoms with Crippen molar-refractivity contribution in [2.75, 3.05) is 0 Å². The van der Waals surface area contributed by atoms with Crippen molar-refractivity contribution in [1.29, 1.82) is 0 Å². The first kappa shape index (κ1) is 12.7. The largest absolute Gasteiger partial charge is 0.295 e. The first-order valence-electron chi connectivity index (χ1n) is 6.36. The van der Waals surface area contributed by atoms with Crippen molar-refractivity contribution in [3.05, 3.63) is 51.4 Å². The zero-order chi connectivity index (χ0) is 13.3. The van der Waals surface area contributed by atoms with Crippen molar-refractivity contribution in [1.82, 2.24) is 9.78 Å². The van der Waals surface area contributed by atoms with Crippen LogP contribution in [0.4, 0.5) is 0 Å².